The SMILES string of the molecule is O=[N+]([O-])c1cc(F)ccc1Oc1ncccc1CBr. The molecular weight excluding hydrogens is 319 g/mol. The Morgan fingerprint density at radius 3 is 2.89 bits per heavy atom. The highest BCUT2D eigenvalue weighted by atomic mass is 79.9. The summed E-state index contributed by atoms with van der Waals surface area (Å²) in [7, 11) is 0. The Balaban J connectivity index is 2.41. The molecule has 0 unspecified atom stereocenters. The van der Waals surface area contributed by atoms with Gasteiger partial charge in [0.05, 0.1) is 11.0 Å². The minimum absolute atomic E-state index is 0.0488. The fraction of sp³-hybridized carbons (Fsp3) is 0.0833. The summed E-state index contributed by atoms with van der Waals surface area (Å²) in [5.41, 5.74) is 0.298. The van der Waals surface area contributed by atoms with Crippen LogP contribution in [-0.2, 0) is 5.33 Å². The van der Waals surface area contributed by atoms with Crippen molar-refractivity contribution in [2.45, 2.75) is 5.33 Å². The molecule has 0 spiro atoms. The van der Waals surface area contributed by atoms with Crippen LogP contribution < -0.4 is 4.74 Å². The molecule has 0 N–H and O–H groups in total. The van der Waals surface area contributed by atoms with Crippen molar-refractivity contribution in [3.8, 4) is 11.6 Å². The van der Waals surface area contributed by atoms with Crippen LogP contribution in [0.4, 0.5) is 10.1 Å². The zero-order valence-corrected chi connectivity index (χ0v) is 11.1. The van der Waals surface area contributed by atoms with Gasteiger partial charge in [-0.25, -0.2) is 9.37 Å². The number of alkyl halides is 1. The largest absolute Gasteiger partial charge is 0.431 e. The van der Waals surface area contributed by atoms with Crippen molar-refractivity contribution >= 4 is 21.6 Å². The minimum Gasteiger partial charge on any atom is -0.431 e. The fourth-order valence-corrected chi connectivity index (χ4v) is 1.87. The Kier molecular flexibility index (Phi) is 4.06. The summed E-state index contributed by atoms with van der Waals surface area (Å²) >= 11 is 3.27. The number of nitrogens with zero attached hydrogens (tertiary/aromatic N) is 2. The first-order valence-electron chi connectivity index (χ1n) is 5.23. The highest BCUT2D eigenvalue weighted by molar-refractivity contribution is 9.08. The van der Waals surface area contributed by atoms with Gasteiger partial charge in [-0.15, -0.1) is 0 Å². The summed E-state index contributed by atoms with van der Waals surface area (Å²) in [4.78, 5) is 14.1. The maximum Gasteiger partial charge on any atom is 0.314 e. The summed E-state index contributed by atoms with van der Waals surface area (Å²) < 4.78 is 18.4. The maximum atomic E-state index is 13.0. The third-order valence-electron chi connectivity index (χ3n) is 2.32. The first-order chi connectivity index (χ1) is 9.11. The predicted molar refractivity (Wildman–Crippen MR) is 70.0 cm³/mol. The zero-order chi connectivity index (χ0) is 13.8. The number of hydrogen-bond donors (Lipinski definition) is 0. The third kappa shape index (κ3) is 3.05. The van der Waals surface area contributed by atoms with E-state index < -0.39 is 16.4 Å². The molecule has 0 aliphatic carbocycles. The van der Waals surface area contributed by atoms with E-state index in [-0.39, 0.29) is 11.6 Å². The monoisotopic (exact) mass is 326 g/mol. The summed E-state index contributed by atoms with van der Waals surface area (Å²) in [6.07, 6.45) is 1.51. The number of benzene rings is 1. The lowest BCUT2D eigenvalue weighted by Gasteiger charge is -2.08. The van der Waals surface area contributed by atoms with Crippen LogP contribution in [0.15, 0.2) is 36.5 Å². The molecule has 0 aliphatic rings. The van der Waals surface area contributed by atoms with Gasteiger partial charge in [0.25, 0.3) is 0 Å². The number of pyridine rings is 1. The normalized spacial score (nSPS) is 10.2. The Labute approximate surface area is 116 Å². The van der Waals surface area contributed by atoms with E-state index in [1.807, 2.05) is 0 Å². The van der Waals surface area contributed by atoms with Gasteiger partial charge >= 0.3 is 5.69 Å². The molecule has 1 heterocycles. The molecule has 0 amide bonds. The predicted octanol–water partition coefficient (Wildman–Crippen LogP) is 3.82. The van der Waals surface area contributed by atoms with Gasteiger partial charge in [-0.3, -0.25) is 10.1 Å². The van der Waals surface area contributed by atoms with Crippen LogP contribution in [0.3, 0.4) is 0 Å². The second kappa shape index (κ2) is 5.75. The van der Waals surface area contributed by atoms with Gasteiger partial charge in [0, 0.05) is 17.1 Å². The van der Waals surface area contributed by atoms with E-state index in [1.54, 1.807) is 12.1 Å². The van der Waals surface area contributed by atoms with Crippen molar-refractivity contribution in [3.63, 3.8) is 0 Å². The third-order valence-corrected chi connectivity index (χ3v) is 2.92. The van der Waals surface area contributed by atoms with Crippen LogP contribution in [-0.4, -0.2) is 9.91 Å². The molecule has 5 nitrogen and oxygen atoms in total. The number of hydrogen-bond acceptors (Lipinski definition) is 4. The second-order valence-electron chi connectivity index (χ2n) is 3.57. The standard InChI is InChI=1S/C12H8BrFN2O3/c13-7-8-2-1-5-15-12(8)19-11-4-3-9(14)6-10(11)16(17)18/h1-6H,7H2. The number of nitro groups is 1. The molecule has 2 rings (SSSR count). The summed E-state index contributed by atoms with van der Waals surface area (Å²) in [5, 5.41) is 11.3. The molecule has 19 heavy (non-hydrogen) atoms. The Bertz CT molecular complexity index is 622. The maximum absolute atomic E-state index is 13.0. The number of halogens is 2. The van der Waals surface area contributed by atoms with E-state index in [0.29, 0.717) is 5.33 Å². The molecule has 7 heteroatoms. The van der Waals surface area contributed by atoms with Crippen molar-refractivity contribution in [1.29, 1.82) is 0 Å². The molecular formula is C12H8BrFN2O3. The van der Waals surface area contributed by atoms with Crippen molar-refractivity contribution < 1.29 is 14.1 Å². The summed E-state index contributed by atoms with van der Waals surface area (Å²) in [6, 6.07) is 6.61. The highest BCUT2D eigenvalue weighted by Crippen LogP contribution is 2.32. The average molecular weight is 327 g/mol. The van der Waals surface area contributed by atoms with Crippen LogP contribution in [0, 0.1) is 15.9 Å². The molecule has 2 aromatic rings. The van der Waals surface area contributed by atoms with Crippen LogP contribution in [0.1, 0.15) is 5.56 Å². The van der Waals surface area contributed by atoms with E-state index in [9.17, 15) is 14.5 Å². The Morgan fingerprint density at radius 2 is 2.21 bits per heavy atom. The number of rotatable bonds is 4. The molecule has 0 saturated heterocycles. The lowest BCUT2D eigenvalue weighted by molar-refractivity contribution is -0.385. The molecule has 1 aromatic carbocycles. The van der Waals surface area contributed by atoms with Gasteiger partial charge in [0.15, 0.2) is 0 Å². The van der Waals surface area contributed by atoms with E-state index in [2.05, 4.69) is 20.9 Å². The lowest BCUT2D eigenvalue weighted by atomic mass is 10.3. The first kappa shape index (κ1) is 13.4. The van der Waals surface area contributed by atoms with Crippen LogP contribution in [0.2, 0.25) is 0 Å². The van der Waals surface area contributed by atoms with Crippen molar-refractivity contribution in [3.05, 3.63) is 58.0 Å². The average Bonchev–Trinajstić information content (AvgIpc) is 2.41. The first-order valence-corrected chi connectivity index (χ1v) is 6.35. The number of aromatic nitrogens is 1. The molecule has 0 fully saturated rings. The quantitative estimate of drug-likeness (QED) is 0.486. The van der Waals surface area contributed by atoms with E-state index in [1.165, 1.54) is 12.3 Å². The Morgan fingerprint density at radius 1 is 1.42 bits per heavy atom. The fourth-order valence-electron chi connectivity index (χ4n) is 1.44. The molecule has 0 saturated carbocycles. The summed E-state index contributed by atoms with van der Waals surface area (Å²) in [6.45, 7) is 0. The van der Waals surface area contributed by atoms with E-state index in [4.69, 9.17) is 4.74 Å². The van der Waals surface area contributed by atoms with Crippen molar-refractivity contribution in [2.75, 3.05) is 0 Å². The molecule has 0 radical (unpaired) electrons. The number of ether oxygens (including phenoxy) is 1. The molecule has 0 bridgehead atoms. The van der Waals surface area contributed by atoms with Crippen molar-refractivity contribution in [2.24, 2.45) is 0 Å². The van der Waals surface area contributed by atoms with Gasteiger partial charge in [-0.05, 0) is 18.2 Å². The van der Waals surface area contributed by atoms with E-state index in [0.717, 1.165) is 17.7 Å². The topological polar surface area (TPSA) is 65.3 Å². The van der Waals surface area contributed by atoms with Gasteiger partial charge in [0.1, 0.15) is 5.82 Å². The van der Waals surface area contributed by atoms with Gasteiger partial charge in [0.2, 0.25) is 11.6 Å². The smallest absolute Gasteiger partial charge is 0.314 e. The molecule has 0 atom stereocenters. The molecule has 1 aromatic heterocycles. The van der Waals surface area contributed by atoms with Gasteiger partial charge in [-0.1, -0.05) is 22.0 Å². The van der Waals surface area contributed by atoms with Gasteiger partial charge < -0.3 is 4.74 Å². The molecule has 0 aliphatic heterocycles. The molecule has 98 valence electrons. The van der Waals surface area contributed by atoms with Crippen LogP contribution >= 0.6 is 15.9 Å². The van der Waals surface area contributed by atoms with E-state index >= 15 is 0 Å². The number of nitro benzene ring substituents is 1. The zero-order valence-electron chi connectivity index (χ0n) is 9.55. The Hall–Kier alpha value is -2.02. The van der Waals surface area contributed by atoms with Gasteiger partial charge in [-0.2, -0.15) is 0 Å². The summed E-state index contributed by atoms with van der Waals surface area (Å²) in [5.74, 6) is -0.498. The van der Waals surface area contributed by atoms with Crippen LogP contribution in [0.5, 0.6) is 11.6 Å². The van der Waals surface area contributed by atoms with Crippen LogP contribution in [0.25, 0.3) is 0 Å². The minimum atomic E-state index is -0.699. The van der Waals surface area contributed by atoms with Crippen molar-refractivity contribution in [1.82, 2.24) is 4.98 Å². The highest BCUT2D eigenvalue weighted by Gasteiger charge is 2.18. The lowest BCUT2D eigenvalue weighted by Crippen LogP contribution is -1.97. The second-order valence-corrected chi connectivity index (χ2v) is 4.13.